The van der Waals surface area contributed by atoms with E-state index in [0.717, 1.165) is 32.1 Å². The van der Waals surface area contributed by atoms with Gasteiger partial charge in [0.15, 0.2) is 0 Å². The van der Waals surface area contributed by atoms with E-state index in [1.54, 1.807) is 0 Å². The van der Waals surface area contributed by atoms with Crippen LogP contribution in [-0.4, -0.2) is 66.5 Å². The SMILES string of the molecule is C#CCCCCC#Cc1cn([C@H]2C[C@@H](O)[C@@H](CNP(C)(=O)OCCCCCCOP(=O)(OCCC#N)OCCCCC#C)O2)c(=O)nc1N. The van der Waals surface area contributed by atoms with Crippen LogP contribution in [0.3, 0.4) is 0 Å². The lowest BCUT2D eigenvalue weighted by molar-refractivity contribution is -0.0172. The van der Waals surface area contributed by atoms with E-state index in [9.17, 15) is 19.0 Å². The van der Waals surface area contributed by atoms with Crippen LogP contribution in [0.25, 0.3) is 0 Å². The summed E-state index contributed by atoms with van der Waals surface area (Å²) < 4.78 is 54.6. The van der Waals surface area contributed by atoms with Crippen molar-refractivity contribution in [3.63, 3.8) is 0 Å². The Balaban J connectivity index is 1.72. The van der Waals surface area contributed by atoms with E-state index < -0.39 is 39.5 Å². The van der Waals surface area contributed by atoms with Crippen molar-refractivity contribution in [2.24, 2.45) is 0 Å². The van der Waals surface area contributed by atoms with Crippen molar-refractivity contribution < 1.29 is 37.1 Å². The Morgan fingerprint density at radius 1 is 0.980 bits per heavy atom. The normalized spacial score (nSPS) is 19.4. The topological polar surface area (TPSA) is 197 Å². The highest BCUT2D eigenvalue weighted by Crippen LogP contribution is 2.50. The average molecular weight is 722 g/mol. The molecule has 4 N–H and O–H groups in total. The molecule has 5 atom stereocenters. The molecule has 270 valence electrons. The Hall–Kier alpha value is -2.97. The zero-order valence-corrected chi connectivity index (χ0v) is 30.0. The summed E-state index contributed by atoms with van der Waals surface area (Å²) in [7, 11) is -7.00. The van der Waals surface area contributed by atoms with Gasteiger partial charge >= 0.3 is 13.5 Å². The summed E-state index contributed by atoms with van der Waals surface area (Å²) in [5, 5.41) is 22.2. The maximum Gasteiger partial charge on any atom is 0.474 e. The maximum absolute atomic E-state index is 13.0. The first-order valence-corrected chi connectivity index (χ1v) is 20.0. The average Bonchev–Trinajstić information content (AvgIpc) is 3.43. The highest BCUT2D eigenvalue weighted by molar-refractivity contribution is 7.56. The zero-order chi connectivity index (χ0) is 36.0. The van der Waals surface area contributed by atoms with E-state index in [4.69, 9.17) is 46.7 Å². The van der Waals surface area contributed by atoms with Crippen molar-refractivity contribution in [2.75, 3.05) is 45.4 Å². The number of terminal acetylenes is 2. The molecular weight excluding hydrogens is 672 g/mol. The number of ether oxygens (including phenoxy) is 1. The third kappa shape index (κ3) is 17.0. The summed E-state index contributed by atoms with van der Waals surface area (Å²) >= 11 is 0. The largest absolute Gasteiger partial charge is 0.474 e. The van der Waals surface area contributed by atoms with Gasteiger partial charge in [0.2, 0.25) is 0 Å². The predicted octanol–water partition coefficient (Wildman–Crippen LogP) is 4.88. The van der Waals surface area contributed by atoms with E-state index in [2.05, 4.69) is 33.8 Å². The summed E-state index contributed by atoms with van der Waals surface area (Å²) in [6.45, 7) is 1.98. The smallest absolute Gasteiger partial charge is 0.390 e. The van der Waals surface area contributed by atoms with Crippen LogP contribution in [0.15, 0.2) is 11.0 Å². The molecule has 1 aliphatic heterocycles. The molecule has 0 aliphatic carbocycles. The van der Waals surface area contributed by atoms with Crippen LogP contribution in [0.5, 0.6) is 0 Å². The van der Waals surface area contributed by atoms with Crippen molar-refractivity contribution >= 4 is 21.2 Å². The molecule has 14 nitrogen and oxygen atoms in total. The lowest BCUT2D eigenvalue weighted by Gasteiger charge is -2.20. The Morgan fingerprint density at radius 3 is 2.22 bits per heavy atom. The molecule has 0 bridgehead atoms. The van der Waals surface area contributed by atoms with Gasteiger partial charge in [0.1, 0.15) is 12.0 Å². The first-order chi connectivity index (χ1) is 23.5. The molecule has 0 saturated carbocycles. The highest BCUT2D eigenvalue weighted by atomic mass is 31.2. The second-order valence-corrected chi connectivity index (χ2v) is 15.3. The van der Waals surface area contributed by atoms with Gasteiger partial charge in [0, 0.05) is 45.1 Å². The fourth-order valence-corrected chi connectivity index (χ4v) is 6.87. The molecule has 0 spiro atoms. The number of hydrogen-bond donors (Lipinski definition) is 3. The molecule has 1 saturated heterocycles. The minimum absolute atomic E-state index is 0.0170. The Morgan fingerprint density at radius 2 is 1.57 bits per heavy atom. The Bertz CT molecular complexity index is 1510. The molecule has 1 fully saturated rings. The summed E-state index contributed by atoms with van der Waals surface area (Å²) in [6.07, 6.45) is 17.3. The molecule has 0 amide bonds. The lowest BCUT2D eigenvalue weighted by Crippen LogP contribution is -2.33. The van der Waals surface area contributed by atoms with Crippen molar-refractivity contribution in [3.8, 4) is 42.6 Å². The van der Waals surface area contributed by atoms with Gasteiger partial charge < -0.3 is 20.1 Å². The Kier molecular flexibility index (Phi) is 20.2. The van der Waals surface area contributed by atoms with E-state index >= 15 is 0 Å². The molecule has 0 aromatic carbocycles. The molecule has 2 heterocycles. The number of hydrogen-bond acceptors (Lipinski definition) is 12. The van der Waals surface area contributed by atoms with Crippen molar-refractivity contribution in [3.05, 3.63) is 22.2 Å². The first kappa shape index (κ1) is 42.2. The van der Waals surface area contributed by atoms with Gasteiger partial charge in [0.25, 0.3) is 7.52 Å². The predicted molar refractivity (Wildman–Crippen MR) is 186 cm³/mol. The third-order valence-corrected chi connectivity index (χ3v) is 10.2. The van der Waals surface area contributed by atoms with Crippen LogP contribution in [0.2, 0.25) is 0 Å². The molecular formula is C33H49N5O9P2. The minimum atomic E-state index is -3.78. The second kappa shape index (κ2) is 23.4. The second-order valence-electron chi connectivity index (χ2n) is 11.3. The van der Waals surface area contributed by atoms with Crippen LogP contribution in [0, 0.1) is 47.9 Å². The highest BCUT2D eigenvalue weighted by Gasteiger charge is 2.36. The standard InChI is InChI=1S/C33H49N5O9P2/c1-4-6-8-10-11-14-19-28-27-38(33(40)37-32(28)35)31-25-29(39)30(47-31)26-36-48(3,41)43-21-16-12-13-17-23-45-49(42,46-24-18-20-34)44-22-15-9-7-5-2/h1-2,27,29-31,39H,6-13,15-18,21-26H2,3H3,(H,36,41)(H2,35,37,40)/t29-,30-,31-,48?,49?/m1/s1. The quantitative estimate of drug-likeness (QED) is 0.0742. The summed E-state index contributed by atoms with van der Waals surface area (Å²) in [5.74, 6) is 11.1. The van der Waals surface area contributed by atoms with E-state index in [0.29, 0.717) is 44.1 Å². The molecule has 1 aliphatic rings. The third-order valence-electron chi connectivity index (χ3n) is 7.23. The van der Waals surface area contributed by atoms with Gasteiger partial charge in [-0.1, -0.05) is 24.7 Å². The van der Waals surface area contributed by atoms with Gasteiger partial charge in [0.05, 0.1) is 56.7 Å². The number of nitrogens with two attached hydrogens (primary N) is 1. The summed E-state index contributed by atoms with van der Waals surface area (Å²) in [6, 6.07) is 1.92. The van der Waals surface area contributed by atoms with Gasteiger partial charge in [-0.05, 0) is 38.5 Å². The lowest BCUT2D eigenvalue weighted by atomic mass is 10.2. The molecule has 0 radical (unpaired) electrons. The van der Waals surface area contributed by atoms with Crippen LogP contribution >= 0.6 is 15.3 Å². The van der Waals surface area contributed by atoms with Crippen LogP contribution in [-0.2, 0) is 32.0 Å². The number of rotatable bonds is 24. The number of phosphoric ester groups is 1. The number of nitrogens with zero attached hydrogens (tertiary/aromatic N) is 3. The van der Waals surface area contributed by atoms with Crippen LogP contribution < -0.4 is 16.5 Å². The van der Waals surface area contributed by atoms with Crippen LogP contribution in [0.1, 0.15) is 95.3 Å². The number of aliphatic hydroxyl groups excluding tert-OH is 1. The summed E-state index contributed by atoms with van der Waals surface area (Å²) in [5.41, 5.74) is 5.66. The van der Waals surface area contributed by atoms with Crippen molar-refractivity contribution in [1.29, 1.82) is 5.26 Å². The van der Waals surface area contributed by atoms with Gasteiger partial charge in [-0.25, -0.2) is 14.4 Å². The monoisotopic (exact) mass is 721 g/mol. The van der Waals surface area contributed by atoms with Gasteiger partial charge in [-0.2, -0.15) is 10.2 Å². The number of anilines is 1. The van der Waals surface area contributed by atoms with Crippen LogP contribution in [0.4, 0.5) is 5.82 Å². The molecule has 49 heavy (non-hydrogen) atoms. The fourth-order valence-electron chi connectivity index (χ4n) is 4.55. The molecule has 1 aromatic heterocycles. The minimum Gasteiger partial charge on any atom is -0.390 e. The number of aromatic nitrogens is 2. The van der Waals surface area contributed by atoms with Crippen molar-refractivity contribution in [1.82, 2.24) is 14.6 Å². The zero-order valence-electron chi connectivity index (χ0n) is 28.2. The molecule has 1 aromatic rings. The number of unbranched alkanes of at least 4 members (excludes halogenated alkanes) is 8. The van der Waals surface area contributed by atoms with Gasteiger partial charge in [-0.15, -0.1) is 24.7 Å². The number of aliphatic hydroxyl groups is 1. The van der Waals surface area contributed by atoms with Crippen molar-refractivity contribution in [2.45, 2.75) is 102 Å². The number of nitrogen functional groups attached to an aromatic ring is 1. The molecule has 16 heteroatoms. The van der Waals surface area contributed by atoms with E-state index in [1.807, 2.05) is 6.07 Å². The van der Waals surface area contributed by atoms with E-state index in [-0.39, 0.29) is 51.6 Å². The van der Waals surface area contributed by atoms with Gasteiger partial charge in [-0.3, -0.25) is 22.7 Å². The number of phosphoric acid groups is 1. The molecule has 2 unspecified atom stereocenters. The Labute approximate surface area is 289 Å². The van der Waals surface area contributed by atoms with E-state index in [1.165, 1.54) is 17.4 Å². The number of nitrogens with one attached hydrogen (secondary N) is 1. The maximum atomic E-state index is 13.0. The fraction of sp³-hybridized carbons (Fsp3) is 0.667. The summed E-state index contributed by atoms with van der Waals surface area (Å²) in [4.78, 5) is 16.4. The first-order valence-electron chi connectivity index (χ1n) is 16.5. The molecule has 2 rings (SSSR count). The number of nitriles is 1.